The third-order valence-corrected chi connectivity index (χ3v) is 21.9. The van der Waals surface area contributed by atoms with Crippen LogP contribution >= 0.6 is 0 Å². The molecule has 0 saturated heterocycles. The van der Waals surface area contributed by atoms with Gasteiger partial charge < -0.3 is 55.5 Å². The average molecular weight is 1590 g/mol. The predicted molar refractivity (Wildman–Crippen MR) is 497 cm³/mol. The van der Waals surface area contributed by atoms with Crippen molar-refractivity contribution in [2.45, 2.75) is 101 Å². The Labute approximate surface area is 723 Å². The number of anilines is 7. The van der Waals surface area contributed by atoms with Gasteiger partial charge in [-0.15, -0.1) is 10.5 Å². The number of phenols is 2. The number of nitrogen functional groups attached to an aromatic ring is 1. The van der Waals surface area contributed by atoms with Crippen molar-refractivity contribution in [3.63, 3.8) is 0 Å². The number of nitrogens with zero attached hydrogens (tertiary/aromatic N) is 11. The van der Waals surface area contributed by atoms with Crippen LogP contribution in [0.4, 0.5) is 56.9 Å². The zero-order valence-corrected chi connectivity index (χ0v) is 73.2. The summed E-state index contributed by atoms with van der Waals surface area (Å²) in [7, 11) is 0. The molecule has 604 valence electrons. The minimum absolute atomic E-state index is 0. The summed E-state index contributed by atoms with van der Waals surface area (Å²) in [6.07, 6.45) is 0. The fraction of sp³-hybridized carbons (Fsp3) is 0.267. The van der Waals surface area contributed by atoms with Crippen LogP contribution < -0.4 is 64.7 Å². The van der Waals surface area contributed by atoms with Crippen molar-refractivity contribution in [2.75, 3.05) is 114 Å². The summed E-state index contributed by atoms with van der Waals surface area (Å²) in [6, 6.07) is 103. The molecule has 118 heavy (non-hydrogen) atoms. The summed E-state index contributed by atoms with van der Waals surface area (Å²) >= 11 is 0. The third-order valence-electron chi connectivity index (χ3n) is 21.9. The van der Waals surface area contributed by atoms with Crippen molar-refractivity contribution in [1.29, 1.82) is 5.39 Å². The van der Waals surface area contributed by atoms with Crippen molar-refractivity contribution in [2.24, 2.45) is 15.6 Å². The molecule has 4 N–H and O–H groups in total. The minimum Gasteiger partial charge on any atom is -0.507 e. The van der Waals surface area contributed by atoms with E-state index in [2.05, 4.69) is 310 Å². The van der Waals surface area contributed by atoms with Crippen LogP contribution in [-0.2, 0) is 0 Å². The Balaban J connectivity index is 0.000000228. The van der Waals surface area contributed by atoms with E-state index in [-0.39, 0.29) is 54.5 Å². The molecule has 0 atom stereocenters. The first-order valence-corrected chi connectivity index (χ1v) is 41.3. The first-order valence-electron chi connectivity index (χ1n) is 41.3. The monoisotopic (exact) mass is 1580 g/mol. The van der Waals surface area contributed by atoms with E-state index in [9.17, 15) is 10.2 Å². The molecule has 13 aromatic carbocycles. The van der Waals surface area contributed by atoms with E-state index in [1.165, 1.54) is 84.2 Å². The third kappa shape index (κ3) is 24.1. The fourth-order valence-corrected chi connectivity index (χ4v) is 15.3. The van der Waals surface area contributed by atoms with Gasteiger partial charge in [0.1, 0.15) is 11.4 Å². The first-order chi connectivity index (χ1) is 57.1. The molecule has 13 rings (SSSR count). The van der Waals surface area contributed by atoms with Crippen LogP contribution in [0.5, 0.6) is 11.5 Å². The SMILES string of the molecule is CCN(CC)c1ccc(C(c2ccc(N)cc2)c2ccc(N(CC)CC)cc2)cc1.CCN(CC)c1ccc(C(c2ccc(N=Nc3ccc4ccccc4c3O)cc2)c2ccc(N(CC)CC)cc2)cc1.CCN(CC)c1ccc(C(c2ccc([N+]#N)cc2)c2ccc(N(CC)CC)cc2)cc1.O=N[O-].Oc1cccc2ccccc12.[H+].[Na+]. The number of hydrogen-bond donors (Lipinski definition) is 3. The summed E-state index contributed by atoms with van der Waals surface area (Å²) in [5, 5.41) is 50.7. The number of phenolic OH excluding ortho intramolecular Hbond substituents is 2. The first kappa shape index (κ1) is 91.5. The molecule has 0 bridgehead atoms. The topological polar surface area (TPSA) is 191 Å². The molecule has 17 heteroatoms. The number of hydrogen-bond acceptors (Lipinski definition) is 15. The minimum atomic E-state index is 0. The smallest absolute Gasteiger partial charge is 0.507 e. The Morgan fingerprint density at radius 2 is 0.576 bits per heavy atom. The molecule has 0 unspecified atom stereocenters. The molecule has 0 fully saturated rings. The van der Waals surface area contributed by atoms with Gasteiger partial charge in [0.2, 0.25) is 5.39 Å². The van der Waals surface area contributed by atoms with E-state index in [1.54, 1.807) is 12.1 Å². The van der Waals surface area contributed by atoms with E-state index in [0.717, 1.165) is 117 Å². The summed E-state index contributed by atoms with van der Waals surface area (Å²) < 4.78 is 0. The van der Waals surface area contributed by atoms with E-state index in [4.69, 9.17) is 21.2 Å². The molecule has 0 aliphatic heterocycles. The summed E-state index contributed by atoms with van der Waals surface area (Å²) in [6.45, 7) is 38.3. The zero-order valence-electron chi connectivity index (χ0n) is 72.2. The molecule has 0 aliphatic rings. The molecule has 0 heterocycles. The van der Waals surface area contributed by atoms with Crippen molar-refractivity contribution in [3.05, 3.63) is 362 Å². The molecule has 0 radical (unpaired) electrons. The molecule has 0 spiro atoms. The number of azo groups is 1. The largest absolute Gasteiger partial charge is 1.00 e. The van der Waals surface area contributed by atoms with E-state index in [1.807, 2.05) is 103 Å². The second-order valence-corrected chi connectivity index (χ2v) is 28.3. The van der Waals surface area contributed by atoms with Crippen molar-refractivity contribution < 1.29 is 41.2 Å². The van der Waals surface area contributed by atoms with Crippen LogP contribution in [0, 0.1) is 15.5 Å². The molecule has 16 nitrogen and oxygen atoms in total. The number of fused-ring (bicyclic) bond motifs is 2. The number of diazo groups is 1. The maximum Gasteiger partial charge on any atom is 1.00 e. The van der Waals surface area contributed by atoms with Crippen LogP contribution in [-0.4, -0.2) is 88.8 Å². The number of benzene rings is 13. The van der Waals surface area contributed by atoms with E-state index in [0.29, 0.717) is 17.1 Å². The number of aromatic hydroxyl groups is 2. The van der Waals surface area contributed by atoms with Gasteiger partial charge in [0.25, 0.3) is 0 Å². The maximum atomic E-state index is 10.7. The quantitative estimate of drug-likeness (QED) is 0.00766. The van der Waals surface area contributed by atoms with Crippen LogP contribution in [0.3, 0.4) is 0 Å². The van der Waals surface area contributed by atoms with Crippen LogP contribution in [0.25, 0.3) is 26.5 Å². The molecule has 0 aromatic heterocycles. The van der Waals surface area contributed by atoms with Crippen molar-refractivity contribution >= 4 is 78.4 Å². The van der Waals surface area contributed by atoms with Gasteiger partial charge >= 0.3 is 36.7 Å². The molecular formula is C101H117N12NaO4+2. The normalized spacial score (nSPS) is 10.7. The Hall–Kier alpha value is -12.0. The van der Waals surface area contributed by atoms with Gasteiger partial charge in [0, 0.05) is 159 Å². The van der Waals surface area contributed by atoms with E-state index < -0.39 is 0 Å². The summed E-state index contributed by atoms with van der Waals surface area (Å²) in [5.41, 5.74) is 27.3. The standard InChI is InChI=1S/C37H40N4O.C27H33N4.C27H35N3.C10H8O.HNO2.Na/c1-5-40(6-2)32-22-15-29(16-23-32)36(30-17-24-33(25-18-30)41(7-3)8-4)28-13-20-31(21-14-28)38-39-35-26-19-27-11-9-10-12-34(27)37(35)42;1-5-30(6-2)25-17-11-22(12-18-25)27(21-9-15-24(29-28)16-10-21)23-13-19-26(20-14-23)31(7-3)8-4;1-5-29(6-2)25-17-11-22(12-18-25)27(21-9-15-24(28)16-10-21)23-13-19-26(20-14-23)30(7-3)8-4;11-10-7-3-5-8-4-1-2-6-9(8)10;2-1-3;/h9-26,36,42H,5-8H2,1-4H3;9-20,27H,5-8H2,1-4H3;9-20,27H,5-8,28H2,1-4H3;1-7,11H;(H,2,3);/q;+1;;;;+1. The average Bonchev–Trinajstić information content (AvgIpc) is 0.808. The van der Waals surface area contributed by atoms with Crippen LogP contribution in [0.1, 0.15) is 152 Å². The second kappa shape index (κ2) is 47.3. The molecule has 13 aromatic rings. The van der Waals surface area contributed by atoms with Crippen LogP contribution in [0.2, 0.25) is 0 Å². The summed E-state index contributed by atoms with van der Waals surface area (Å²) in [4.78, 5) is 25.5. The Bertz CT molecular complexity index is 5020. The Kier molecular flexibility index (Phi) is 36.7. The zero-order chi connectivity index (χ0) is 83.6. The van der Waals surface area contributed by atoms with Gasteiger partial charge in [-0.05, 0) is 253 Å². The van der Waals surface area contributed by atoms with Crippen molar-refractivity contribution in [3.8, 4) is 11.5 Å². The van der Waals surface area contributed by atoms with Gasteiger partial charge in [-0.3, -0.25) is 0 Å². The predicted octanol–water partition coefficient (Wildman–Crippen LogP) is 22.9. The molecule has 0 saturated carbocycles. The molecular weight excluding hydrogens is 1470 g/mol. The fourth-order valence-electron chi connectivity index (χ4n) is 15.3. The van der Waals surface area contributed by atoms with Gasteiger partial charge in [0.05, 0.1) is 5.69 Å². The Morgan fingerprint density at radius 3 is 0.856 bits per heavy atom. The van der Waals surface area contributed by atoms with Gasteiger partial charge in [-0.1, -0.05) is 176 Å². The molecule has 0 aliphatic carbocycles. The van der Waals surface area contributed by atoms with E-state index >= 15 is 0 Å². The van der Waals surface area contributed by atoms with Crippen LogP contribution in [0.15, 0.2) is 313 Å². The molecule has 0 amide bonds. The Morgan fingerprint density at radius 1 is 0.331 bits per heavy atom. The second-order valence-electron chi connectivity index (χ2n) is 28.3. The van der Waals surface area contributed by atoms with Gasteiger partial charge in [-0.25, -0.2) is 0 Å². The summed E-state index contributed by atoms with van der Waals surface area (Å²) in [5.74, 6) is 0.876. The van der Waals surface area contributed by atoms with Crippen molar-refractivity contribution in [1.82, 2.24) is 0 Å². The maximum absolute atomic E-state index is 10.7. The van der Waals surface area contributed by atoms with Gasteiger partial charge in [0.15, 0.2) is 10.7 Å². The number of nitrogens with two attached hydrogens (primary N) is 1. The van der Waals surface area contributed by atoms with Gasteiger partial charge in [-0.2, -0.15) is 5.11 Å². The number of rotatable bonds is 29.